The zero-order valence-electron chi connectivity index (χ0n) is 10.6. The molecule has 2 rings (SSSR count). The second kappa shape index (κ2) is 5.34. The fourth-order valence-corrected chi connectivity index (χ4v) is 1.91. The third-order valence-electron chi connectivity index (χ3n) is 2.97. The Kier molecular flexibility index (Phi) is 3.79. The van der Waals surface area contributed by atoms with E-state index in [1.807, 2.05) is 0 Å². The molecule has 19 heavy (non-hydrogen) atoms. The summed E-state index contributed by atoms with van der Waals surface area (Å²) >= 11 is 0. The first kappa shape index (κ1) is 13.5. The van der Waals surface area contributed by atoms with E-state index >= 15 is 0 Å². The van der Waals surface area contributed by atoms with Gasteiger partial charge in [0.05, 0.1) is 6.54 Å². The molecule has 0 bridgehead atoms. The molecule has 0 aliphatic carbocycles. The molecule has 0 atom stereocenters. The number of hydrogen-bond acceptors (Lipinski definition) is 1. The van der Waals surface area contributed by atoms with Gasteiger partial charge < -0.3 is 4.57 Å². The lowest BCUT2D eigenvalue weighted by Crippen LogP contribution is -2.20. The number of benzene rings is 1. The summed E-state index contributed by atoms with van der Waals surface area (Å²) in [5.74, 6) is -2.99. The number of Topliss-reactive ketones (excluding diaryl/α,β-unsaturated/α-hetero) is 1. The fraction of sp³-hybridized carbons (Fsp3) is 0.267. The van der Waals surface area contributed by atoms with Crippen LogP contribution in [-0.2, 0) is 12.5 Å². The molecule has 1 aromatic carbocycles. The van der Waals surface area contributed by atoms with E-state index < -0.39 is 12.5 Å². The van der Waals surface area contributed by atoms with E-state index in [2.05, 4.69) is 0 Å². The van der Waals surface area contributed by atoms with E-state index in [4.69, 9.17) is 0 Å². The molecule has 2 aromatic rings. The standard InChI is InChI=1S/C15H15F2NO/c1-2-14(19)12-8-9-18(10-12)11-15(16,17)13-6-4-3-5-7-13/h3-10H,2,11H2,1H3. The third-order valence-corrected chi connectivity index (χ3v) is 2.97. The highest BCUT2D eigenvalue weighted by atomic mass is 19.3. The summed E-state index contributed by atoms with van der Waals surface area (Å²) in [7, 11) is 0. The van der Waals surface area contributed by atoms with Gasteiger partial charge in [0, 0.05) is 29.9 Å². The first-order chi connectivity index (χ1) is 9.03. The molecule has 0 aliphatic rings. The smallest absolute Gasteiger partial charge is 0.290 e. The molecule has 0 aliphatic heterocycles. The molecule has 0 fully saturated rings. The molecule has 0 saturated carbocycles. The highest BCUT2D eigenvalue weighted by Gasteiger charge is 2.31. The zero-order chi connectivity index (χ0) is 13.9. The van der Waals surface area contributed by atoms with Crippen LogP contribution in [0.25, 0.3) is 0 Å². The van der Waals surface area contributed by atoms with Gasteiger partial charge in [-0.15, -0.1) is 0 Å². The van der Waals surface area contributed by atoms with Crippen molar-refractivity contribution in [1.82, 2.24) is 4.57 Å². The summed E-state index contributed by atoms with van der Waals surface area (Å²) in [6.07, 6.45) is 3.36. The molecular formula is C15H15F2NO. The minimum Gasteiger partial charge on any atom is -0.347 e. The normalized spacial score (nSPS) is 11.5. The van der Waals surface area contributed by atoms with Gasteiger partial charge in [0.1, 0.15) is 0 Å². The quantitative estimate of drug-likeness (QED) is 0.750. The number of carbonyl (C=O) groups is 1. The van der Waals surface area contributed by atoms with Crippen LogP contribution in [0.3, 0.4) is 0 Å². The monoisotopic (exact) mass is 263 g/mol. The first-order valence-electron chi connectivity index (χ1n) is 6.15. The minimum atomic E-state index is -2.95. The number of rotatable bonds is 5. The van der Waals surface area contributed by atoms with Crippen molar-refractivity contribution < 1.29 is 13.6 Å². The van der Waals surface area contributed by atoms with Crippen molar-refractivity contribution >= 4 is 5.78 Å². The Balaban J connectivity index is 2.16. The summed E-state index contributed by atoms with van der Waals surface area (Å²) in [6, 6.07) is 9.26. The van der Waals surface area contributed by atoms with Crippen LogP contribution in [0, 0.1) is 0 Å². The molecular weight excluding hydrogens is 248 g/mol. The molecule has 0 saturated heterocycles. The van der Waals surface area contributed by atoms with Crippen molar-refractivity contribution in [2.75, 3.05) is 0 Å². The molecule has 2 nitrogen and oxygen atoms in total. The van der Waals surface area contributed by atoms with Crippen molar-refractivity contribution in [3.63, 3.8) is 0 Å². The van der Waals surface area contributed by atoms with E-state index in [-0.39, 0.29) is 11.3 Å². The summed E-state index contributed by atoms with van der Waals surface area (Å²) < 4.78 is 29.4. The lowest BCUT2D eigenvalue weighted by atomic mass is 10.1. The Morgan fingerprint density at radius 3 is 2.53 bits per heavy atom. The van der Waals surface area contributed by atoms with Crippen molar-refractivity contribution in [1.29, 1.82) is 0 Å². The van der Waals surface area contributed by atoms with E-state index in [9.17, 15) is 13.6 Å². The maximum Gasteiger partial charge on any atom is 0.290 e. The Hall–Kier alpha value is -1.97. The largest absolute Gasteiger partial charge is 0.347 e. The summed E-state index contributed by atoms with van der Waals surface area (Å²) in [5, 5.41) is 0. The predicted molar refractivity (Wildman–Crippen MR) is 69.4 cm³/mol. The van der Waals surface area contributed by atoms with Gasteiger partial charge in [-0.1, -0.05) is 37.3 Å². The lowest BCUT2D eigenvalue weighted by molar-refractivity contribution is -0.0221. The van der Waals surface area contributed by atoms with Gasteiger partial charge in [-0.3, -0.25) is 4.79 Å². The van der Waals surface area contributed by atoms with Gasteiger partial charge in [-0.05, 0) is 6.07 Å². The van der Waals surface area contributed by atoms with Gasteiger partial charge in [0.15, 0.2) is 5.78 Å². The topological polar surface area (TPSA) is 22.0 Å². The molecule has 0 radical (unpaired) electrons. The van der Waals surface area contributed by atoms with Gasteiger partial charge in [-0.25, -0.2) is 0 Å². The number of ketones is 1. The second-order valence-electron chi connectivity index (χ2n) is 4.42. The number of carbonyl (C=O) groups excluding carboxylic acids is 1. The van der Waals surface area contributed by atoms with Gasteiger partial charge in [-0.2, -0.15) is 8.78 Å². The maximum absolute atomic E-state index is 14.0. The average Bonchev–Trinajstić information content (AvgIpc) is 2.86. The molecule has 1 aromatic heterocycles. The molecule has 0 amide bonds. The Morgan fingerprint density at radius 2 is 1.89 bits per heavy atom. The highest BCUT2D eigenvalue weighted by Crippen LogP contribution is 2.29. The highest BCUT2D eigenvalue weighted by molar-refractivity contribution is 5.95. The van der Waals surface area contributed by atoms with E-state index in [1.165, 1.54) is 29.1 Å². The number of nitrogens with zero attached hydrogens (tertiary/aromatic N) is 1. The van der Waals surface area contributed by atoms with E-state index in [0.29, 0.717) is 12.0 Å². The van der Waals surface area contributed by atoms with E-state index in [0.717, 1.165) is 0 Å². The van der Waals surface area contributed by atoms with Crippen LogP contribution in [0.2, 0.25) is 0 Å². The van der Waals surface area contributed by atoms with Gasteiger partial charge in [0.2, 0.25) is 0 Å². The number of aromatic nitrogens is 1. The molecule has 1 heterocycles. The van der Waals surface area contributed by atoms with Gasteiger partial charge >= 0.3 is 0 Å². The van der Waals surface area contributed by atoms with Crippen LogP contribution in [0.1, 0.15) is 29.3 Å². The van der Waals surface area contributed by atoms with Crippen molar-refractivity contribution in [2.45, 2.75) is 25.8 Å². The molecule has 4 heteroatoms. The Bertz CT molecular complexity index is 561. The number of halogens is 2. The zero-order valence-corrected chi connectivity index (χ0v) is 10.6. The Labute approximate surface area is 110 Å². The summed E-state index contributed by atoms with van der Waals surface area (Å²) in [4.78, 5) is 11.5. The minimum absolute atomic E-state index is 0.0212. The third kappa shape index (κ3) is 3.08. The summed E-state index contributed by atoms with van der Waals surface area (Å²) in [6.45, 7) is 1.28. The lowest BCUT2D eigenvalue weighted by Gasteiger charge is -2.17. The van der Waals surface area contributed by atoms with Crippen LogP contribution in [0.4, 0.5) is 8.78 Å². The van der Waals surface area contributed by atoms with Crippen molar-refractivity contribution in [3.05, 3.63) is 59.9 Å². The van der Waals surface area contributed by atoms with Crippen molar-refractivity contribution in [2.24, 2.45) is 0 Å². The predicted octanol–water partition coefficient (Wildman–Crippen LogP) is 3.87. The molecule has 0 unspecified atom stereocenters. The van der Waals surface area contributed by atoms with Crippen LogP contribution in [-0.4, -0.2) is 10.4 Å². The van der Waals surface area contributed by atoms with Crippen LogP contribution in [0.5, 0.6) is 0 Å². The SMILES string of the molecule is CCC(=O)c1ccn(CC(F)(F)c2ccccc2)c1. The molecule has 0 spiro atoms. The van der Waals surface area contributed by atoms with Crippen molar-refractivity contribution in [3.8, 4) is 0 Å². The van der Waals surface area contributed by atoms with E-state index in [1.54, 1.807) is 31.2 Å². The first-order valence-corrected chi connectivity index (χ1v) is 6.15. The fourth-order valence-electron chi connectivity index (χ4n) is 1.91. The van der Waals surface area contributed by atoms with Crippen LogP contribution >= 0.6 is 0 Å². The second-order valence-corrected chi connectivity index (χ2v) is 4.42. The van der Waals surface area contributed by atoms with Crippen LogP contribution in [0.15, 0.2) is 48.8 Å². The summed E-state index contributed by atoms with van der Waals surface area (Å²) in [5.41, 5.74) is 0.457. The van der Waals surface area contributed by atoms with Crippen LogP contribution < -0.4 is 0 Å². The molecule has 100 valence electrons. The average molecular weight is 263 g/mol. The molecule has 0 N–H and O–H groups in total. The van der Waals surface area contributed by atoms with Gasteiger partial charge in [0.25, 0.3) is 5.92 Å². The Morgan fingerprint density at radius 1 is 1.21 bits per heavy atom. The number of alkyl halides is 2. The maximum atomic E-state index is 14.0. The number of hydrogen-bond donors (Lipinski definition) is 0.